The summed E-state index contributed by atoms with van der Waals surface area (Å²) in [5.41, 5.74) is 0.783. The van der Waals surface area contributed by atoms with E-state index in [2.05, 4.69) is 12.7 Å². The van der Waals surface area contributed by atoms with E-state index in [-0.39, 0.29) is 0 Å². The van der Waals surface area contributed by atoms with Crippen molar-refractivity contribution in [1.29, 1.82) is 0 Å². The fraction of sp³-hybridized carbons (Fsp3) is 0. The Morgan fingerprint density at radius 3 is 2.50 bits per heavy atom. The average molecular weight is 172 g/mol. The van der Waals surface area contributed by atoms with Crippen molar-refractivity contribution in [2.24, 2.45) is 0 Å². The number of halogens is 2. The molecule has 10 heavy (non-hydrogen) atoms. The lowest BCUT2D eigenvalue weighted by molar-refractivity contribution is 1.58. The maximum atomic E-state index is 5.74. The summed E-state index contributed by atoms with van der Waals surface area (Å²) in [7, 11) is 0. The van der Waals surface area contributed by atoms with Gasteiger partial charge >= 0.3 is 0 Å². The molecular weight excluding hydrogens is 167 g/mol. The van der Waals surface area contributed by atoms with Crippen molar-refractivity contribution in [1.82, 2.24) is 0 Å². The van der Waals surface area contributed by atoms with Gasteiger partial charge in [-0.15, -0.1) is 0 Å². The highest BCUT2D eigenvalue weighted by Crippen LogP contribution is 2.20. The van der Waals surface area contributed by atoms with Gasteiger partial charge < -0.3 is 0 Å². The van der Waals surface area contributed by atoms with Crippen molar-refractivity contribution >= 4 is 23.2 Å². The van der Waals surface area contributed by atoms with Gasteiger partial charge in [0, 0.05) is 15.6 Å². The quantitative estimate of drug-likeness (QED) is 0.609. The van der Waals surface area contributed by atoms with Gasteiger partial charge in [0.15, 0.2) is 0 Å². The lowest BCUT2D eigenvalue weighted by Crippen LogP contribution is -1.74. The first-order valence-electron chi connectivity index (χ1n) is 2.72. The van der Waals surface area contributed by atoms with Gasteiger partial charge in [-0.25, -0.2) is 0 Å². The molecule has 0 N–H and O–H groups in total. The predicted octanol–water partition coefficient (Wildman–Crippen LogP) is 3.33. The van der Waals surface area contributed by atoms with Crippen molar-refractivity contribution in [3.8, 4) is 0 Å². The first-order valence-corrected chi connectivity index (χ1v) is 3.48. The molecule has 0 atom stereocenters. The SMILES string of the molecule is C=[C]c1ccc(Cl)cc1Cl. The third-order valence-electron chi connectivity index (χ3n) is 1.12. The normalized spacial score (nSPS) is 9.40. The van der Waals surface area contributed by atoms with E-state index in [0.717, 1.165) is 5.56 Å². The third-order valence-corrected chi connectivity index (χ3v) is 1.67. The molecule has 1 radical (unpaired) electrons. The van der Waals surface area contributed by atoms with Crippen LogP contribution in [-0.4, -0.2) is 0 Å². The van der Waals surface area contributed by atoms with E-state index in [0.29, 0.717) is 10.0 Å². The highest BCUT2D eigenvalue weighted by Gasteiger charge is 1.95. The first kappa shape index (κ1) is 7.64. The minimum absolute atomic E-state index is 0.586. The molecule has 0 fully saturated rings. The molecule has 2 heteroatoms. The molecule has 0 nitrogen and oxygen atoms in total. The summed E-state index contributed by atoms with van der Waals surface area (Å²) < 4.78 is 0. The van der Waals surface area contributed by atoms with Crippen LogP contribution in [-0.2, 0) is 0 Å². The standard InChI is InChI=1S/C8H5Cl2/c1-2-6-3-4-7(9)5-8(6)10/h3-5H,1H2. The molecule has 1 aromatic rings. The number of benzene rings is 1. The van der Waals surface area contributed by atoms with Crippen LogP contribution in [0, 0.1) is 6.08 Å². The van der Waals surface area contributed by atoms with E-state index in [9.17, 15) is 0 Å². The van der Waals surface area contributed by atoms with Gasteiger partial charge in [-0.3, -0.25) is 0 Å². The van der Waals surface area contributed by atoms with Crippen molar-refractivity contribution in [2.75, 3.05) is 0 Å². The molecular formula is C8H5Cl2. The van der Waals surface area contributed by atoms with E-state index in [1.165, 1.54) is 0 Å². The van der Waals surface area contributed by atoms with Gasteiger partial charge in [-0.1, -0.05) is 35.8 Å². The van der Waals surface area contributed by atoms with Gasteiger partial charge in [0.2, 0.25) is 0 Å². The highest BCUT2D eigenvalue weighted by atomic mass is 35.5. The molecule has 0 bridgehead atoms. The van der Waals surface area contributed by atoms with Gasteiger partial charge in [0.1, 0.15) is 0 Å². The summed E-state index contributed by atoms with van der Waals surface area (Å²) in [6, 6.07) is 5.19. The minimum atomic E-state index is 0.586. The second-order valence-corrected chi connectivity index (χ2v) is 2.64. The number of hydrogen-bond donors (Lipinski definition) is 0. The Morgan fingerprint density at radius 2 is 2.00 bits per heavy atom. The first-order chi connectivity index (χ1) is 4.74. The Labute approximate surface area is 70.1 Å². The fourth-order valence-electron chi connectivity index (χ4n) is 0.633. The van der Waals surface area contributed by atoms with Crippen molar-refractivity contribution in [3.63, 3.8) is 0 Å². The van der Waals surface area contributed by atoms with Crippen LogP contribution in [0.1, 0.15) is 5.56 Å². The summed E-state index contributed by atoms with van der Waals surface area (Å²) in [6.45, 7) is 3.47. The Bertz CT molecular complexity index is 253. The Hall–Kier alpha value is -0.460. The summed E-state index contributed by atoms with van der Waals surface area (Å²) >= 11 is 11.4. The summed E-state index contributed by atoms with van der Waals surface area (Å²) in [5, 5.41) is 1.21. The zero-order valence-electron chi connectivity index (χ0n) is 5.20. The van der Waals surface area contributed by atoms with Crippen LogP contribution in [0.15, 0.2) is 24.8 Å². The third kappa shape index (κ3) is 1.53. The summed E-state index contributed by atoms with van der Waals surface area (Å²) in [5.74, 6) is 0. The smallest absolute Gasteiger partial charge is 0.0499 e. The monoisotopic (exact) mass is 171 g/mol. The molecule has 0 saturated carbocycles. The molecule has 1 aromatic carbocycles. The lowest BCUT2D eigenvalue weighted by Gasteiger charge is -1.95. The maximum absolute atomic E-state index is 5.74. The van der Waals surface area contributed by atoms with Crippen LogP contribution >= 0.6 is 23.2 Å². The highest BCUT2D eigenvalue weighted by molar-refractivity contribution is 6.35. The zero-order chi connectivity index (χ0) is 7.56. The van der Waals surface area contributed by atoms with Crippen molar-refractivity contribution in [3.05, 3.63) is 46.5 Å². The molecule has 0 amide bonds. The van der Waals surface area contributed by atoms with Crippen LogP contribution in [0.25, 0.3) is 0 Å². The van der Waals surface area contributed by atoms with Gasteiger partial charge in [0.25, 0.3) is 0 Å². The van der Waals surface area contributed by atoms with E-state index in [1.807, 2.05) is 0 Å². The van der Waals surface area contributed by atoms with Gasteiger partial charge in [0.05, 0.1) is 0 Å². The molecule has 0 spiro atoms. The summed E-state index contributed by atoms with van der Waals surface area (Å²) in [4.78, 5) is 0. The largest absolute Gasteiger partial charge is 0.0905 e. The van der Waals surface area contributed by atoms with Crippen LogP contribution in [0.5, 0.6) is 0 Å². The predicted molar refractivity (Wildman–Crippen MR) is 44.4 cm³/mol. The van der Waals surface area contributed by atoms with Gasteiger partial charge in [-0.2, -0.15) is 0 Å². The van der Waals surface area contributed by atoms with E-state index in [4.69, 9.17) is 23.2 Å². The molecule has 0 aliphatic rings. The van der Waals surface area contributed by atoms with E-state index in [1.54, 1.807) is 18.2 Å². The van der Waals surface area contributed by atoms with Crippen LogP contribution in [0.2, 0.25) is 10.0 Å². The summed E-state index contributed by atoms with van der Waals surface area (Å²) in [6.07, 6.45) is 2.68. The maximum Gasteiger partial charge on any atom is 0.0499 e. The molecule has 0 aliphatic heterocycles. The Morgan fingerprint density at radius 1 is 1.30 bits per heavy atom. The molecule has 0 aliphatic carbocycles. The zero-order valence-corrected chi connectivity index (χ0v) is 6.71. The minimum Gasteiger partial charge on any atom is -0.0905 e. The van der Waals surface area contributed by atoms with Crippen LogP contribution in [0.3, 0.4) is 0 Å². The Kier molecular flexibility index (Phi) is 2.36. The van der Waals surface area contributed by atoms with Crippen molar-refractivity contribution in [2.45, 2.75) is 0 Å². The van der Waals surface area contributed by atoms with E-state index >= 15 is 0 Å². The van der Waals surface area contributed by atoms with Gasteiger partial charge in [-0.05, 0) is 18.2 Å². The van der Waals surface area contributed by atoms with Crippen LogP contribution < -0.4 is 0 Å². The number of rotatable bonds is 1. The topological polar surface area (TPSA) is 0 Å². The average Bonchev–Trinajstić information content (AvgIpc) is 1.88. The fourth-order valence-corrected chi connectivity index (χ4v) is 1.11. The van der Waals surface area contributed by atoms with E-state index < -0.39 is 0 Å². The molecule has 51 valence electrons. The van der Waals surface area contributed by atoms with Crippen molar-refractivity contribution < 1.29 is 0 Å². The molecule has 0 saturated heterocycles. The Balaban J connectivity index is 3.19. The second kappa shape index (κ2) is 3.09. The molecule has 1 rings (SSSR count). The molecule has 0 aromatic heterocycles. The molecule has 0 unspecified atom stereocenters. The number of hydrogen-bond acceptors (Lipinski definition) is 0. The lowest BCUT2D eigenvalue weighted by atomic mass is 10.2. The van der Waals surface area contributed by atoms with Crippen LogP contribution in [0.4, 0.5) is 0 Å². The second-order valence-electron chi connectivity index (χ2n) is 1.80. The molecule has 0 heterocycles.